The SMILES string of the molecule is CCCCc1cc(N2CCCC(NC(C)=O)C2)nc(Nc2ccc(F)c(N)c2)n1. The summed E-state index contributed by atoms with van der Waals surface area (Å²) in [7, 11) is 0. The van der Waals surface area contributed by atoms with Crippen molar-refractivity contribution < 1.29 is 9.18 Å². The zero-order valence-electron chi connectivity index (χ0n) is 17.0. The van der Waals surface area contributed by atoms with E-state index in [0.29, 0.717) is 18.2 Å². The topological polar surface area (TPSA) is 96.2 Å². The van der Waals surface area contributed by atoms with Gasteiger partial charge in [0.1, 0.15) is 11.6 Å². The smallest absolute Gasteiger partial charge is 0.229 e. The lowest BCUT2D eigenvalue weighted by Gasteiger charge is -2.34. The summed E-state index contributed by atoms with van der Waals surface area (Å²) >= 11 is 0. The molecule has 1 atom stereocenters. The van der Waals surface area contributed by atoms with Gasteiger partial charge in [-0.25, -0.2) is 9.37 Å². The molecule has 4 N–H and O–H groups in total. The second-order valence-electron chi connectivity index (χ2n) is 7.49. The van der Waals surface area contributed by atoms with Gasteiger partial charge in [0.25, 0.3) is 0 Å². The van der Waals surface area contributed by atoms with Crippen molar-refractivity contribution in [2.75, 3.05) is 29.0 Å². The van der Waals surface area contributed by atoms with Gasteiger partial charge in [0.2, 0.25) is 11.9 Å². The Hall–Kier alpha value is -2.90. The van der Waals surface area contributed by atoms with Crippen LogP contribution in [0.25, 0.3) is 0 Å². The Labute approximate surface area is 170 Å². The Morgan fingerprint density at radius 3 is 2.90 bits per heavy atom. The number of hydrogen-bond acceptors (Lipinski definition) is 6. The molecule has 8 heteroatoms. The number of piperidine rings is 1. The molecule has 0 aliphatic carbocycles. The molecule has 1 aliphatic heterocycles. The van der Waals surface area contributed by atoms with Crippen LogP contribution >= 0.6 is 0 Å². The highest BCUT2D eigenvalue weighted by Crippen LogP contribution is 2.24. The minimum atomic E-state index is -0.453. The number of nitrogens with two attached hydrogens (primary N) is 1. The average Bonchev–Trinajstić information content (AvgIpc) is 2.69. The van der Waals surface area contributed by atoms with E-state index < -0.39 is 5.82 Å². The molecule has 156 valence electrons. The largest absolute Gasteiger partial charge is 0.396 e. The average molecular weight is 401 g/mol. The number of hydrogen-bond donors (Lipinski definition) is 3. The van der Waals surface area contributed by atoms with Crippen LogP contribution in [0.5, 0.6) is 0 Å². The maximum atomic E-state index is 13.5. The van der Waals surface area contributed by atoms with Gasteiger partial charge in [-0.2, -0.15) is 4.98 Å². The third-order valence-corrected chi connectivity index (χ3v) is 4.96. The molecule has 7 nitrogen and oxygen atoms in total. The van der Waals surface area contributed by atoms with Gasteiger partial charge in [-0.05, 0) is 43.9 Å². The van der Waals surface area contributed by atoms with Crippen molar-refractivity contribution in [1.29, 1.82) is 0 Å². The molecule has 1 aliphatic rings. The number of nitrogens with one attached hydrogen (secondary N) is 2. The molecule has 1 aromatic heterocycles. The first kappa shape index (κ1) is 20.8. The predicted octanol–water partition coefficient (Wildman–Crippen LogP) is 3.39. The quantitative estimate of drug-likeness (QED) is 0.617. The molecule has 2 aromatic rings. The van der Waals surface area contributed by atoms with Crippen LogP contribution in [0.4, 0.5) is 27.5 Å². The zero-order chi connectivity index (χ0) is 20.8. The highest BCUT2D eigenvalue weighted by molar-refractivity contribution is 5.73. The lowest BCUT2D eigenvalue weighted by atomic mass is 10.1. The highest BCUT2D eigenvalue weighted by Gasteiger charge is 2.22. The number of unbranched alkanes of at least 4 members (excludes halogenated alkanes) is 1. The molecule has 0 spiro atoms. The summed E-state index contributed by atoms with van der Waals surface area (Å²) in [4.78, 5) is 22.9. The predicted molar refractivity (Wildman–Crippen MR) is 114 cm³/mol. The summed E-state index contributed by atoms with van der Waals surface area (Å²) < 4.78 is 13.5. The van der Waals surface area contributed by atoms with Gasteiger partial charge in [-0.15, -0.1) is 0 Å². The number of rotatable bonds is 7. The summed E-state index contributed by atoms with van der Waals surface area (Å²) in [6.07, 6.45) is 4.91. The summed E-state index contributed by atoms with van der Waals surface area (Å²) in [5, 5.41) is 6.15. The van der Waals surface area contributed by atoms with E-state index in [4.69, 9.17) is 5.73 Å². The van der Waals surface area contributed by atoms with Crippen LogP contribution in [0.2, 0.25) is 0 Å². The van der Waals surface area contributed by atoms with E-state index >= 15 is 0 Å². The third-order valence-electron chi connectivity index (χ3n) is 4.96. The number of amides is 1. The maximum Gasteiger partial charge on any atom is 0.229 e. The molecule has 0 radical (unpaired) electrons. The van der Waals surface area contributed by atoms with E-state index in [2.05, 4.69) is 32.4 Å². The van der Waals surface area contributed by atoms with Crippen molar-refractivity contribution in [3.8, 4) is 0 Å². The number of nitrogens with zero attached hydrogens (tertiary/aromatic N) is 3. The van der Waals surface area contributed by atoms with Gasteiger partial charge in [0.05, 0.1) is 5.69 Å². The van der Waals surface area contributed by atoms with Crippen LogP contribution < -0.4 is 21.3 Å². The minimum absolute atomic E-state index is 0.0144. The van der Waals surface area contributed by atoms with Crippen LogP contribution in [0.3, 0.4) is 0 Å². The van der Waals surface area contributed by atoms with Crippen LogP contribution in [0, 0.1) is 5.82 Å². The molecule has 1 amide bonds. The van der Waals surface area contributed by atoms with E-state index in [1.807, 2.05) is 6.07 Å². The highest BCUT2D eigenvalue weighted by atomic mass is 19.1. The zero-order valence-corrected chi connectivity index (χ0v) is 17.0. The molecule has 1 saturated heterocycles. The van der Waals surface area contributed by atoms with E-state index in [1.54, 1.807) is 13.0 Å². The fourth-order valence-electron chi connectivity index (χ4n) is 3.53. The van der Waals surface area contributed by atoms with E-state index in [9.17, 15) is 9.18 Å². The number of halogens is 1. The van der Waals surface area contributed by atoms with Crippen molar-refractivity contribution >= 4 is 29.0 Å². The molecule has 1 aromatic carbocycles. The van der Waals surface area contributed by atoms with Crippen LogP contribution in [0.1, 0.15) is 45.2 Å². The van der Waals surface area contributed by atoms with E-state index in [-0.39, 0.29) is 17.6 Å². The fraction of sp³-hybridized carbons (Fsp3) is 0.476. The Morgan fingerprint density at radius 1 is 1.34 bits per heavy atom. The minimum Gasteiger partial charge on any atom is -0.396 e. The van der Waals surface area contributed by atoms with Crippen molar-refractivity contribution in [1.82, 2.24) is 15.3 Å². The number of aryl methyl sites for hydroxylation is 1. The first-order valence-electron chi connectivity index (χ1n) is 10.2. The number of benzene rings is 1. The number of carbonyl (C=O) groups is 1. The van der Waals surface area contributed by atoms with Gasteiger partial charge < -0.3 is 21.3 Å². The van der Waals surface area contributed by atoms with Gasteiger partial charge in [-0.1, -0.05) is 13.3 Å². The third kappa shape index (κ3) is 5.79. The Bertz CT molecular complexity index is 859. The van der Waals surface area contributed by atoms with Crippen LogP contribution in [-0.2, 0) is 11.2 Å². The van der Waals surface area contributed by atoms with Gasteiger partial charge in [0, 0.05) is 43.5 Å². The number of anilines is 4. The molecular weight excluding hydrogens is 371 g/mol. The second kappa shape index (κ2) is 9.54. The Kier molecular flexibility index (Phi) is 6.85. The Balaban J connectivity index is 1.84. The molecular formula is C21H29FN6O. The molecule has 0 saturated carbocycles. The monoisotopic (exact) mass is 400 g/mol. The molecule has 2 heterocycles. The van der Waals surface area contributed by atoms with Crippen LogP contribution in [-0.4, -0.2) is 35.0 Å². The van der Waals surface area contributed by atoms with Crippen molar-refractivity contribution in [2.24, 2.45) is 0 Å². The standard InChI is InChI=1S/C21H29FN6O/c1-3-4-6-15-12-20(28-10-5-7-17(13-28)24-14(2)29)27-21(25-15)26-16-8-9-18(22)19(23)11-16/h8-9,11-12,17H,3-7,10,13,23H2,1-2H3,(H,24,29)(H,25,26,27). The number of carbonyl (C=O) groups excluding carboxylic acids is 1. The van der Waals surface area contributed by atoms with Crippen molar-refractivity contribution in [3.63, 3.8) is 0 Å². The normalized spacial score (nSPS) is 16.5. The first-order chi connectivity index (χ1) is 13.9. The summed E-state index contributed by atoms with van der Waals surface area (Å²) in [6.45, 7) is 5.28. The Morgan fingerprint density at radius 2 is 2.17 bits per heavy atom. The molecule has 29 heavy (non-hydrogen) atoms. The number of nitrogen functional groups attached to an aromatic ring is 1. The fourth-order valence-corrected chi connectivity index (χ4v) is 3.53. The van der Waals surface area contributed by atoms with E-state index in [1.165, 1.54) is 12.1 Å². The molecule has 1 unspecified atom stereocenters. The van der Waals surface area contributed by atoms with Crippen LogP contribution in [0.15, 0.2) is 24.3 Å². The molecule has 1 fully saturated rings. The van der Waals surface area contributed by atoms with Gasteiger partial charge in [0.15, 0.2) is 0 Å². The lowest BCUT2D eigenvalue weighted by Crippen LogP contribution is -2.47. The summed E-state index contributed by atoms with van der Waals surface area (Å²) in [5.41, 5.74) is 7.34. The second-order valence-corrected chi connectivity index (χ2v) is 7.49. The summed E-state index contributed by atoms with van der Waals surface area (Å²) in [5.74, 6) is 0.825. The van der Waals surface area contributed by atoms with E-state index in [0.717, 1.165) is 50.2 Å². The van der Waals surface area contributed by atoms with Gasteiger partial charge in [-0.3, -0.25) is 4.79 Å². The first-order valence-corrected chi connectivity index (χ1v) is 10.2. The lowest BCUT2D eigenvalue weighted by molar-refractivity contribution is -0.119. The van der Waals surface area contributed by atoms with Crippen molar-refractivity contribution in [2.45, 2.75) is 52.0 Å². The maximum absolute atomic E-state index is 13.5. The van der Waals surface area contributed by atoms with Gasteiger partial charge >= 0.3 is 0 Å². The number of aromatic nitrogens is 2. The molecule has 3 rings (SSSR count). The van der Waals surface area contributed by atoms with Crippen molar-refractivity contribution in [3.05, 3.63) is 35.8 Å². The summed E-state index contributed by atoms with van der Waals surface area (Å²) in [6, 6.07) is 6.60. The molecule has 0 bridgehead atoms.